The quantitative estimate of drug-likeness (QED) is 0.312. The Labute approximate surface area is 197 Å². The van der Waals surface area contributed by atoms with Crippen molar-refractivity contribution in [3.8, 4) is 11.5 Å². The van der Waals surface area contributed by atoms with Gasteiger partial charge < -0.3 is 10.2 Å². The van der Waals surface area contributed by atoms with E-state index < -0.39 is 11.8 Å². The molecule has 0 unspecified atom stereocenters. The van der Waals surface area contributed by atoms with Crippen LogP contribution in [-0.2, 0) is 9.59 Å². The lowest BCUT2D eigenvalue weighted by Gasteiger charge is -2.03. The molecular weight excluding hydrogens is 490 g/mol. The zero-order chi connectivity index (χ0) is 23.0. The van der Waals surface area contributed by atoms with E-state index in [1.165, 1.54) is 36.7 Å². The number of phenolic OH excluding ortho intramolecular Hbond substituents is 2. The number of halogens is 4. The third-order valence-corrected chi connectivity index (χ3v) is 4.72. The fourth-order valence-corrected chi connectivity index (χ4v) is 3.26. The van der Waals surface area contributed by atoms with E-state index in [1.54, 1.807) is 0 Å². The molecule has 0 aliphatic rings. The molecule has 0 spiro atoms. The average molecular weight is 506 g/mol. The van der Waals surface area contributed by atoms with E-state index in [-0.39, 0.29) is 51.9 Å². The molecule has 12 heteroatoms. The molecule has 164 valence electrons. The Kier molecular flexibility index (Phi) is 9.39. The van der Waals surface area contributed by atoms with Gasteiger partial charge in [-0.25, -0.2) is 10.9 Å². The van der Waals surface area contributed by atoms with Gasteiger partial charge in [-0.3, -0.25) is 9.59 Å². The first-order chi connectivity index (χ1) is 14.7. The molecule has 8 nitrogen and oxygen atoms in total. The lowest BCUT2D eigenvalue weighted by atomic mass is 10.2. The monoisotopic (exact) mass is 504 g/mol. The lowest BCUT2D eigenvalue weighted by Crippen LogP contribution is -2.20. The SMILES string of the molecule is O=C(CCCC(=O)N/N=C/c1cc(Cl)cc(Cl)c1O)N/N=C/c1cc(Cl)cc(Cl)c1O. The maximum absolute atomic E-state index is 11.8. The minimum Gasteiger partial charge on any atom is -0.506 e. The standard InChI is InChI=1S/C19H16Cl4N4O4/c20-12-4-10(18(30)14(22)6-12)8-24-26-16(28)2-1-3-17(29)27-25-9-11-5-13(21)7-15(23)19(11)31/h4-9,30-31H,1-3H2,(H,26,28)(H,27,29)/b24-8+,25-9+. The normalized spacial score (nSPS) is 11.2. The van der Waals surface area contributed by atoms with Crippen LogP contribution < -0.4 is 10.9 Å². The van der Waals surface area contributed by atoms with Crippen LogP contribution in [0, 0.1) is 0 Å². The van der Waals surface area contributed by atoms with E-state index in [9.17, 15) is 19.8 Å². The second-order valence-corrected chi connectivity index (χ2v) is 7.78. The van der Waals surface area contributed by atoms with Gasteiger partial charge in [-0.15, -0.1) is 0 Å². The molecule has 0 heterocycles. The molecular formula is C19H16Cl4N4O4. The van der Waals surface area contributed by atoms with Gasteiger partial charge in [-0.2, -0.15) is 10.2 Å². The van der Waals surface area contributed by atoms with Crippen molar-refractivity contribution in [2.24, 2.45) is 10.2 Å². The zero-order valence-corrected chi connectivity index (χ0v) is 18.7. The highest BCUT2D eigenvalue weighted by Gasteiger charge is 2.08. The van der Waals surface area contributed by atoms with Gasteiger partial charge in [0.25, 0.3) is 0 Å². The van der Waals surface area contributed by atoms with Crippen LogP contribution in [0.15, 0.2) is 34.5 Å². The van der Waals surface area contributed by atoms with E-state index in [1.807, 2.05) is 0 Å². The highest BCUT2D eigenvalue weighted by Crippen LogP contribution is 2.30. The molecule has 0 aromatic heterocycles. The predicted molar refractivity (Wildman–Crippen MR) is 122 cm³/mol. The first kappa shape index (κ1) is 24.7. The average Bonchev–Trinajstić information content (AvgIpc) is 2.69. The van der Waals surface area contributed by atoms with Crippen molar-refractivity contribution in [2.75, 3.05) is 0 Å². The van der Waals surface area contributed by atoms with Gasteiger partial charge in [0.15, 0.2) is 0 Å². The molecule has 4 N–H and O–H groups in total. The van der Waals surface area contributed by atoms with Gasteiger partial charge >= 0.3 is 0 Å². The smallest absolute Gasteiger partial charge is 0.240 e. The first-order valence-corrected chi connectivity index (χ1v) is 10.2. The van der Waals surface area contributed by atoms with E-state index in [4.69, 9.17) is 46.4 Å². The van der Waals surface area contributed by atoms with Crippen LogP contribution in [0.4, 0.5) is 0 Å². The van der Waals surface area contributed by atoms with E-state index in [2.05, 4.69) is 21.1 Å². The summed E-state index contributed by atoms with van der Waals surface area (Å²) in [5, 5.41) is 27.8. The molecule has 2 aromatic rings. The fraction of sp³-hybridized carbons (Fsp3) is 0.158. The van der Waals surface area contributed by atoms with Gasteiger partial charge in [0.05, 0.1) is 22.5 Å². The van der Waals surface area contributed by atoms with Crippen LogP contribution >= 0.6 is 46.4 Å². The maximum atomic E-state index is 11.8. The number of carbonyl (C=O) groups excluding carboxylic acids is 2. The van der Waals surface area contributed by atoms with Gasteiger partial charge in [0, 0.05) is 34.0 Å². The Morgan fingerprint density at radius 1 is 0.774 bits per heavy atom. The van der Waals surface area contributed by atoms with Gasteiger partial charge in [-0.05, 0) is 30.7 Å². The molecule has 31 heavy (non-hydrogen) atoms. The molecule has 0 radical (unpaired) electrons. The number of hydrogen-bond acceptors (Lipinski definition) is 6. The Balaban J connectivity index is 1.74. The minimum atomic E-state index is -0.432. The van der Waals surface area contributed by atoms with Crippen molar-refractivity contribution in [3.05, 3.63) is 55.5 Å². The second kappa shape index (κ2) is 11.8. The minimum absolute atomic E-state index is 0.0292. The summed E-state index contributed by atoms with van der Waals surface area (Å²) in [7, 11) is 0. The summed E-state index contributed by atoms with van der Waals surface area (Å²) in [6, 6.07) is 5.60. The zero-order valence-electron chi connectivity index (χ0n) is 15.7. The van der Waals surface area contributed by atoms with E-state index in [0.717, 1.165) is 0 Å². The highest BCUT2D eigenvalue weighted by molar-refractivity contribution is 6.36. The summed E-state index contributed by atoms with van der Waals surface area (Å²) in [6.07, 6.45) is 2.70. The van der Waals surface area contributed by atoms with Crippen LogP contribution in [0.2, 0.25) is 20.1 Å². The van der Waals surface area contributed by atoms with Crippen molar-refractivity contribution in [1.29, 1.82) is 0 Å². The third-order valence-electron chi connectivity index (χ3n) is 3.71. The Morgan fingerprint density at radius 3 is 1.55 bits per heavy atom. The number of benzene rings is 2. The molecule has 0 bridgehead atoms. The fourth-order valence-electron chi connectivity index (χ4n) is 2.24. The highest BCUT2D eigenvalue weighted by atomic mass is 35.5. The number of carbonyl (C=O) groups is 2. The van der Waals surface area contributed by atoms with Crippen LogP contribution in [0.1, 0.15) is 30.4 Å². The largest absolute Gasteiger partial charge is 0.506 e. The number of amides is 2. The number of aromatic hydroxyl groups is 2. The molecule has 0 aliphatic heterocycles. The van der Waals surface area contributed by atoms with Crippen molar-refractivity contribution in [1.82, 2.24) is 10.9 Å². The van der Waals surface area contributed by atoms with Gasteiger partial charge in [0.2, 0.25) is 11.8 Å². The molecule has 0 atom stereocenters. The van der Waals surface area contributed by atoms with Crippen LogP contribution in [0.25, 0.3) is 0 Å². The number of nitrogens with one attached hydrogen (secondary N) is 2. The molecule has 0 saturated carbocycles. The van der Waals surface area contributed by atoms with Gasteiger partial charge in [-0.1, -0.05) is 46.4 Å². The molecule has 2 rings (SSSR count). The topological polar surface area (TPSA) is 123 Å². The summed E-state index contributed by atoms with van der Waals surface area (Å²) in [6.45, 7) is 0. The lowest BCUT2D eigenvalue weighted by molar-refractivity contribution is -0.122. The molecule has 2 amide bonds. The van der Waals surface area contributed by atoms with E-state index in [0.29, 0.717) is 10.0 Å². The van der Waals surface area contributed by atoms with Crippen molar-refractivity contribution in [3.63, 3.8) is 0 Å². The maximum Gasteiger partial charge on any atom is 0.240 e. The third kappa shape index (κ3) is 7.91. The summed E-state index contributed by atoms with van der Waals surface area (Å²) < 4.78 is 0. The molecule has 0 saturated heterocycles. The number of phenols is 2. The summed E-state index contributed by atoms with van der Waals surface area (Å²) in [4.78, 5) is 23.6. The first-order valence-electron chi connectivity index (χ1n) is 8.67. The van der Waals surface area contributed by atoms with Gasteiger partial charge in [0.1, 0.15) is 11.5 Å². The molecule has 0 aliphatic carbocycles. The Bertz CT molecular complexity index is 963. The van der Waals surface area contributed by atoms with E-state index >= 15 is 0 Å². The summed E-state index contributed by atoms with van der Waals surface area (Å²) >= 11 is 23.3. The predicted octanol–water partition coefficient (Wildman–Crippen LogP) is 4.48. The number of hydrogen-bond donors (Lipinski definition) is 4. The van der Waals surface area contributed by atoms with Crippen molar-refractivity contribution in [2.45, 2.75) is 19.3 Å². The van der Waals surface area contributed by atoms with Crippen LogP contribution in [0.5, 0.6) is 11.5 Å². The second-order valence-electron chi connectivity index (χ2n) is 6.09. The Morgan fingerprint density at radius 2 is 1.16 bits per heavy atom. The van der Waals surface area contributed by atoms with Crippen LogP contribution in [0.3, 0.4) is 0 Å². The van der Waals surface area contributed by atoms with Crippen LogP contribution in [-0.4, -0.2) is 34.5 Å². The summed E-state index contributed by atoms with van der Waals surface area (Å²) in [5.41, 5.74) is 5.02. The van der Waals surface area contributed by atoms with Crippen molar-refractivity contribution >= 4 is 70.6 Å². The summed E-state index contributed by atoms with van der Waals surface area (Å²) in [5.74, 6) is -1.29. The van der Waals surface area contributed by atoms with Crippen molar-refractivity contribution < 1.29 is 19.8 Å². The number of rotatable bonds is 8. The Hall–Kier alpha value is -2.52. The number of hydrazone groups is 2. The molecule has 2 aromatic carbocycles. The number of nitrogens with zero attached hydrogens (tertiary/aromatic N) is 2. The molecule has 0 fully saturated rings.